The maximum Gasteiger partial charge on any atom is 0.230 e. The SMILES string of the molecule is CCc1ccc(NC(=O)Cc2csc(NC(C)=O)n2)cc1. The minimum atomic E-state index is -0.170. The van der Waals surface area contributed by atoms with E-state index in [0.29, 0.717) is 10.8 Å². The number of benzene rings is 1. The Morgan fingerprint density at radius 3 is 2.52 bits per heavy atom. The van der Waals surface area contributed by atoms with Gasteiger partial charge in [0.05, 0.1) is 12.1 Å². The lowest BCUT2D eigenvalue weighted by molar-refractivity contribution is -0.116. The van der Waals surface area contributed by atoms with Gasteiger partial charge in [0, 0.05) is 18.0 Å². The Bertz CT molecular complexity index is 635. The van der Waals surface area contributed by atoms with Crippen molar-refractivity contribution in [2.45, 2.75) is 26.7 Å². The summed E-state index contributed by atoms with van der Waals surface area (Å²) in [6.45, 7) is 3.51. The van der Waals surface area contributed by atoms with E-state index in [4.69, 9.17) is 0 Å². The van der Waals surface area contributed by atoms with Gasteiger partial charge < -0.3 is 10.6 Å². The summed E-state index contributed by atoms with van der Waals surface area (Å²) in [6, 6.07) is 7.77. The molecule has 5 nitrogen and oxygen atoms in total. The zero-order chi connectivity index (χ0) is 15.2. The largest absolute Gasteiger partial charge is 0.326 e. The van der Waals surface area contributed by atoms with E-state index < -0.39 is 0 Å². The molecule has 0 aliphatic heterocycles. The fourth-order valence-electron chi connectivity index (χ4n) is 1.79. The molecule has 0 aliphatic carbocycles. The van der Waals surface area contributed by atoms with Crippen LogP contribution in [0.3, 0.4) is 0 Å². The van der Waals surface area contributed by atoms with Crippen molar-refractivity contribution in [3.05, 3.63) is 40.9 Å². The summed E-state index contributed by atoms with van der Waals surface area (Å²) < 4.78 is 0. The number of rotatable bonds is 5. The topological polar surface area (TPSA) is 71.1 Å². The third kappa shape index (κ3) is 4.68. The van der Waals surface area contributed by atoms with Crippen LogP contribution in [0, 0.1) is 0 Å². The van der Waals surface area contributed by atoms with Gasteiger partial charge in [0.2, 0.25) is 11.8 Å². The first-order valence-corrected chi connectivity index (χ1v) is 7.55. The highest BCUT2D eigenvalue weighted by molar-refractivity contribution is 7.13. The number of hydrogen-bond donors (Lipinski definition) is 2. The van der Waals surface area contributed by atoms with Gasteiger partial charge in [-0.15, -0.1) is 11.3 Å². The standard InChI is InChI=1S/C15H17N3O2S/c1-3-11-4-6-12(7-5-11)17-14(20)8-13-9-21-15(18-13)16-10(2)19/h4-7,9H,3,8H2,1-2H3,(H,17,20)(H,16,18,19). The lowest BCUT2D eigenvalue weighted by atomic mass is 10.1. The number of amides is 2. The van der Waals surface area contributed by atoms with Crippen LogP contribution in [0.1, 0.15) is 25.1 Å². The zero-order valence-electron chi connectivity index (χ0n) is 12.0. The zero-order valence-corrected chi connectivity index (χ0v) is 12.8. The molecule has 0 radical (unpaired) electrons. The second-order valence-corrected chi connectivity index (χ2v) is 5.46. The normalized spacial score (nSPS) is 10.2. The molecular weight excluding hydrogens is 286 g/mol. The monoisotopic (exact) mass is 303 g/mol. The van der Waals surface area contributed by atoms with Crippen molar-refractivity contribution < 1.29 is 9.59 Å². The third-order valence-electron chi connectivity index (χ3n) is 2.82. The van der Waals surface area contributed by atoms with Crippen molar-refractivity contribution in [3.8, 4) is 0 Å². The quantitative estimate of drug-likeness (QED) is 0.892. The number of hydrogen-bond acceptors (Lipinski definition) is 4. The molecule has 6 heteroatoms. The first kappa shape index (κ1) is 15.2. The maximum absolute atomic E-state index is 11.9. The predicted molar refractivity (Wildman–Crippen MR) is 84.6 cm³/mol. The molecule has 1 aromatic heterocycles. The molecule has 2 rings (SSSR count). The Morgan fingerprint density at radius 1 is 1.19 bits per heavy atom. The van der Waals surface area contributed by atoms with E-state index in [1.807, 2.05) is 24.3 Å². The average Bonchev–Trinajstić information content (AvgIpc) is 2.85. The van der Waals surface area contributed by atoms with Crippen molar-refractivity contribution in [1.82, 2.24) is 4.98 Å². The Balaban J connectivity index is 1.91. The molecule has 0 spiro atoms. The molecule has 1 heterocycles. The van der Waals surface area contributed by atoms with Crippen molar-refractivity contribution in [2.75, 3.05) is 10.6 Å². The highest BCUT2D eigenvalue weighted by atomic mass is 32.1. The first-order chi connectivity index (χ1) is 10.1. The van der Waals surface area contributed by atoms with Crippen LogP contribution in [0.2, 0.25) is 0 Å². The second-order valence-electron chi connectivity index (χ2n) is 4.60. The van der Waals surface area contributed by atoms with Crippen LogP contribution < -0.4 is 10.6 Å². The number of aromatic nitrogens is 1. The third-order valence-corrected chi connectivity index (χ3v) is 3.63. The molecule has 2 N–H and O–H groups in total. The van der Waals surface area contributed by atoms with Gasteiger partial charge in [-0.1, -0.05) is 19.1 Å². The van der Waals surface area contributed by atoms with E-state index in [2.05, 4.69) is 22.5 Å². The molecule has 0 fully saturated rings. The maximum atomic E-state index is 11.9. The molecule has 0 bridgehead atoms. The fraction of sp³-hybridized carbons (Fsp3) is 0.267. The van der Waals surface area contributed by atoms with Gasteiger partial charge in [-0.05, 0) is 24.1 Å². The van der Waals surface area contributed by atoms with Gasteiger partial charge in [-0.2, -0.15) is 0 Å². The van der Waals surface area contributed by atoms with E-state index in [0.717, 1.165) is 12.1 Å². The van der Waals surface area contributed by atoms with Crippen molar-refractivity contribution in [1.29, 1.82) is 0 Å². The molecule has 0 atom stereocenters. The van der Waals surface area contributed by atoms with E-state index in [-0.39, 0.29) is 18.2 Å². The highest BCUT2D eigenvalue weighted by Crippen LogP contribution is 2.16. The summed E-state index contributed by atoms with van der Waals surface area (Å²) in [6.07, 6.45) is 1.16. The van der Waals surface area contributed by atoms with Gasteiger partial charge in [-0.25, -0.2) is 4.98 Å². The number of carbonyl (C=O) groups excluding carboxylic acids is 2. The Labute approximate surface area is 127 Å². The van der Waals surface area contributed by atoms with Crippen LogP contribution in [-0.4, -0.2) is 16.8 Å². The first-order valence-electron chi connectivity index (χ1n) is 6.67. The van der Waals surface area contributed by atoms with E-state index in [1.54, 1.807) is 5.38 Å². The summed E-state index contributed by atoms with van der Waals surface area (Å²) in [7, 11) is 0. The van der Waals surface area contributed by atoms with Crippen molar-refractivity contribution in [2.24, 2.45) is 0 Å². The van der Waals surface area contributed by atoms with Crippen LogP contribution in [0.5, 0.6) is 0 Å². The number of thiazole rings is 1. The smallest absolute Gasteiger partial charge is 0.230 e. The number of anilines is 2. The Morgan fingerprint density at radius 2 is 1.90 bits per heavy atom. The van der Waals surface area contributed by atoms with E-state index in [9.17, 15) is 9.59 Å². The lowest BCUT2D eigenvalue weighted by Crippen LogP contribution is -2.14. The average molecular weight is 303 g/mol. The molecule has 110 valence electrons. The summed E-state index contributed by atoms with van der Waals surface area (Å²) in [5, 5.41) is 7.71. The summed E-state index contributed by atoms with van der Waals surface area (Å²) in [5.41, 5.74) is 2.65. The number of nitrogens with zero attached hydrogens (tertiary/aromatic N) is 1. The number of nitrogens with one attached hydrogen (secondary N) is 2. The molecule has 2 aromatic rings. The molecule has 1 aromatic carbocycles. The van der Waals surface area contributed by atoms with E-state index >= 15 is 0 Å². The molecular formula is C15H17N3O2S. The highest BCUT2D eigenvalue weighted by Gasteiger charge is 2.08. The van der Waals surface area contributed by atoms with Crippen LogP contribution in [0.15, 0.2) is 29.6 Å². The Hall–Kier alpha value is -2.21. The number of carbonyl (C=O) groups is 2. The second kappa shape index (κ2) is 6.99. The van der Waals surface area contributed by atoms with Gasteiger partial charge in [0.15, 0.2) is 5.13 Å². The van der Waals surface area contributed by atoms with Gasteiger partial charge >= 0.3 is 0 Å². The van der Waals surface area contributed by atoms with Gasteiger partial charge in [0.25, 0.3) is 0 Å². The summed E-state index contributed by atoms with van der Waals surface area (Å²) >= 11 is 1.31. The Kier molecular flexibility index (Phi) is 5.05. The van der Waals surface area contributed by atoms with Crippen LogP contribution in [0.4, 0.5) is 10.8 Å². The predicted octanol–water partition coefficient (Wildman–Crippen LogP) is 2.85. The van der Waals surface area contributed by atoms with E-state index in [1.165, 1.54) is 23.8 Å². The summed E-state index contributed by atoms with van der Waals surface area (Å²) in [5.74, 6) is -0.296. The van der Waals surface area contributed by atoms with Crippen LogP contribution >= 0.6 is 11.3 Å². The van der Waals surface area contributed by atoms with Gasteiger partial charge in [-0.3, -0.25) is 9.59 Å². The molecule has 2 amide bonds. The molecule has 0 aliphatic rings. The molecule has 0 saturated heterocycles. The lowest BCUT2D eigenvalue weighted by Gasteiger charge is -2.05. The molecule has 0 unspecified atom stereocenters. The van der Waals surface area contributed by atoms with Crippen LogP contribution in [0.25, 0.3) is 0 Å². The molecule has 0 saturated carbocycles. The fourth-order valence-corrected chi connectivity index (χ4v) is 2.55. The molecule has 21 heavy (non-hydrogen) atoms. The minimum Gasteiger partial charge on any atom is -0.326 e. The minimum absolute atomic E-state index is 0.126. The van der Waals surface area contributed by atoms with Crippen molar-refractivity contribution in [3.63, 3.8) is 0 Å². The summed E-state index contributed by atoms with van der Waals surface area (Å²) in [4.78, 5) is 27.0. The van der Waals surface area contributed by atoms with Gasteiger partial charge in [0.1, 0.15) is 0 Å². The number of aryl methyl sites for hydroxylation is 1. The van der Waals surface area contributed by atoms with Crippen LogP contribution in [-0.2, 0) is 22.4 Å². The van der Waals surface area contributed by atoms with Crippen molar-refractivity contribution >= 4 is 34.0 Å².